The Hall–Kier alpha value is -3.07. The Labute approximate surface area is 205 Å². The molecule has 0 fully saturated rings. The normalized spacial score (nSPS) is 10.8. The molecule has 0 atom stereocenters. The predicted octanol–water partition coefficient (Wildman–Crippen LogP) is 5.68. The molecule has 0 radical (unpaired) electrons. The van der Waals surface area contributed by atoms with E-state index in [1.165, 1.54) is 18.9 Å². The average molecular weight is 500 g/mol. The third-order valence-corrected chi connectivity index (χ3v) is 6.39. The van der Waals surface area contributed by atoms with Crippen LogP contribution < -0.4 is 10.1 Å². The summed E-state index contributed by atoms with van der Waals surface area (Å²) in [5.74, 6) is 1.02. The van der Waals surface area contributed by atoms with Crippen molar-refractivity contribution < 1.29 is 9.53 Å². The molecule has 1 N–H and O–H groups in total. The molecule has 168 valence electrons. The number of carbonyl (C=O) groups excluding carboxylic acids is 1. The molecule has 7 nitrogen and oxygen atoms in total. The summed E-state index contributed by atoms with van der Waals surface area (Å²) in [5, 5.41) is 13.3. The highest BCUT2D eigenvalue weighted by atomic mass is 35.5. The van der Waals surface area contributed by atoms with Crippen molar-refractivity contribution in [3.05, 3.63) is 76.5 Å². The van der Waals surface area contributed by atoms with E-state index in [2.05, 4.69) is 20.5 Å². The van der Waals surface area contributed by atoms with Gasteiger partial charge < -0.3 is 10.1 Å². The van der Waals surface area contributed by atoms with E-state index in [4.69, 9.17) is 27.9 Å². The number of anilines is 1. The number of hydrogen-bond acceptors (Lipinski definition) is 6. The largest absolute Gasteiger partial charge is 0.495 e. The number of benzene rings is 2. The Morgan fingerprint density at radius 3 is 2.67 bits per heavy atom. The Morgan fingerprint density at radius 2 is 1.91 bits per heavy atom. The van der Waals surface area contributed by atoms with Crippen LogP contribution in [0.2, 0.25) is 10.0 Å². The highest BCUT2D eigenvalue weighted by molar-refractivity contribution is 7.99. The predicted molar refractivity (Wildman–Crippen MR) is 132 cm³/mol. The van der Waals surface area contributed by atoms with Gasteiger partial charge in [0.25, 0.3) is 0 Å². The molecule has 4 rings (SSSR count). The minimum atomic E-state index is -0.233. The van der Waals surface area contributed by atoms with Crippen molar-refractivity contribution in [2.75, 3.05) is 18.2 Å². The van der Waals surface area contributed by atoms with Crippen LogP contribution in [-0.2, 0) is 4.79 Å². The van der Waals surface area contributed by atoms with E-state index >= 15 is 0 Å². The molecular weight excluding hydrogens is 481 g/mol. The maximum Gasteiger partial charge on any atom is 0.234 e. The van der Waals surface area contributed by atoms with Gasteiger partial charge in [-0.3, -0.25) is 14.3 Å². The number of hydrogen-bond donors (Lipinski definition) is 1. The molecule has 0 aliphatic heterocycles. The lowest BCUT2D eigenvalue weighted by molar-refractivity contribution is -0.113. The summed E-state index contributed by atoms with van der Waals surface area (Å²) in [6.07, 6.45) is 3.38. The van der Waals surface area contributed by atoms with Crippen molar-refractivity contribution in [3.8, 4) is 22.8 Å². The van der Waals surface area contributed by atoms with E-state index in [1.54, 1.807) is 30.6 Å². The van der Waals surface area contributed by atoms with Crippen LogP contribution in [0.1, 0.15) is 5.56 Å². The Kier molecular flexibility index (Phi) is 7.17. The third-order valence-electron chi connectivity index (χ3n) is 4.82. The summed E-state index contributed by atoms with van der Waals surface area (Å²) in [7, 11) is 1.53. The van der Waals surface area contributed by atoms with Gasteiger partial charge in [-0.25, -0.2) is 0 Å². The van der Waals surface area contributed by atoms with Gasteiger partial charge >= 0.3 is 0 Å². The highest BCUT2D eigenvalue weighted by Gasteiger charge is 2.19. The molecule has 1 amide bonds. The highest BCUT2D eigenvalue weighted by Crippen LogP contribution is 2.32. The first kappa shape index (κ1) is 23.1. The fourth-order valence-electron chi connectivity index (χ4n) is 3.20. The number of methoxy groups -OCH3 is 1. The first-order valence-electron chi connectivity index (χ1n) is 9.85. The van der Waals surface area contributed by atoms with E-state index in [9.17, 15) is 4.79 Å². The molecule has 2 aromatic heterocycles. The summed E-state index contributed by atoms with van der Waals surface area (Å²) < 4.78 is 7.19. The standard InChI is InChI=1S/C23H19Cl2N5O2S/c1-14-17(25)4-3-5-19(14)30-22(15-8-10-26-11-9-15)28-29-23(30)33-13-21(31)27-18-12-16(24)6-7-20(18)32-2/h3-12H,13H2,1-2H3,(H,27,31). The van der Waals surface area contributed by atoms with Gasteiger partial charge in [0.05, 0.1) is 24.2 Å². The topological polar surface area (TPSA) is 81.9 Å². The van der Waals surface area contributed by atoms with Gasteiger partial charge in [-0.1, -0.05) is 41.0 Å². The van der Waals surface area contributed by atoms with Crippen LogP contribution in [0.4, 0.5) is 5.69 Å². The van der Waals surface area contributed by atoms with Gasteiger partial charge in [0, 0.05) is 28.0 Å². The first-order chi connectivity index (χ1) is 16.0. The molecule has 0 unspecified atom stereocenters. The summed E-state index contributed by atoms with van der Waals surface area (Å²) in [5.41, 5.74) is 3.06. The van der Waals surface area contributed by atoms with Crippen LogP contribution in [0.25, 0.3) is 17.1 Å². The van der Waals surface area contributed by atoms with Crippen molar-refractivity contribution in [2.24, 2.45) is 0 Å². The molecule has 10 heteroatoms. The fraction of sp³-hybridized carbons (Fsp3) is 0.130. The number of ether oxygens (including phenoxy) is 1. The van der Waals surface area contributed by atoms with Gasteiger partial charge in [-0.15, -0.1) is 10.2 Å². The fourth-order valence-corrected chi connectivity index (χ4v) is 4.29. The van der Waals surface area contributed by atoms with E-state index in [1.807, 2.05) is 41.8 Å². The number of amides is 1. The lowest BCUT2D eigenvalue weighted by Gasteiger charge is -2.14. The van der Waals surface area contributed by atoms with Gasteiger partial charge in [0.2, 0.25) is 5.91 Å². The summed E-state index contributed by atoms with van der Waals surface area (Å²) >= 11 is 13.7. The SMILES string of the molecule is COc1ccc(Cl)cc1NC(=O)CSc1nnc(-c2ccncc2)n1-c1cccc(Cl)c1C. The number of carbonyl (C=O) groups is 1. The minimum Gasteiger partial charge on any atom is -0.495 e. The van der Waals surface area contributed by atoms with Crippen LogP contribution in [0.3, 0.4) is 0 Å². The van der Waals surface area contributed by atoms with Crippen LogP contribution in [-0.4, -0.2) is 38.5 Å². The zero-order valence-electron chi connectivity index (χ0n) is 17.8. The van der Waals surface area contributed by atoms with Gasteiger partial charge in [-0.2, -0.15) is 0 Å². The van der Waals surface area contributed by atoms with Crippen molar-refractivity contribution in [1.82, 2.24) is 19.7 Å². The molecule has 0 saturated heterocycles. The molecule has 0 saturated carbocycles. The monoisotopic (exact) mass is 499 g/mol. The molecule has 0 aliphatic carbocycles. The number of nitrogens with one attached hydrogen (secondary N) is 1. The smallest absolute Gasteiger partial charge is 0.234 e. The number of aromatic nitrogens is 4. The average Bonchev–Trinajstić information content (AvgIpc) is 3.24. The quantitative estimate of drug-likeness (QED) is 0.329. The Bertz CT molecular complexity index is 1300. The maximum absolute atomic E-state index is 12.7. The zero-order chi connectivity index (χ0) is 23.4. The number of pyridine rings is 1. The second kappa shape index (κ2) is 10.2. The van der Waals surface area contributed by atoms with Crippen molar-refractivity contribution in [3.63, 3.8) is 0 Å². The Morgan fingerprint density at radius 1 is 1.12 bits per heavy atom. The number of rotatable bonds is 7. The number of halogens is 2. The minimum absolute atomic E-state index is 0.101. The van der Waals surface area contributed by atoms with E-state index in [0.717, 1.165) is 16.8 Å². The van der Waals surface area contributed by atoms with E-state index < -0.39 is 0 Å². The first-order valence-corrected chi connectivity index (χ1v) is 11.6. The number of nitrogens with zero attached hydrogens (tertiary/aromatic N) is 4. The third kappa shape index (κ3) is 5.13. The molecule has 0 bridgehead atoms. The molecule has 2 heterocycles. The van der Waals surface area contributed by atoms with Crippen LogP contribution in [0.15, 0.2) is 66.1 Å². The molecule has 0 spiro atoms. The zero-order valence-corrected chi connectivity index (χ0v) is 20.1. The summed E-state index contributed by atoms with van der Waals surface area (Å²) in [4.78, 5) is 16.8. The summed E-state index contributed by atoms with van der Waals surface area (Å²) in [6.45, 7) is 1.93. The van der Waals surface area contributed by atoms with Crippen LogP contribution in [0, 0.1) is 6.92 Å². The molecule has 33 heavy (non-hydrogen) atoms. The summed E-state index contributed by atoms with van der Waals surface area (Å²) in [6, 6.07) is 14.4. The van der Waals surface area contributed by atoms with Gasteiger partial charge in [-0.05, 0) is 55.0 Å². The lowest BCUT2D eigenvalue weighted by Crippen LogP contribution is -2.15. The van der Waals surface area contributed by atoms with Crippen molar-refractivity contribution >= 4 is 46.6 Å². The van der Waals surface area contributed by atoms with Gasteiger partial charge in [0.1, 0.15) is 5.75 Å². The van der Waals surface area contributed by atoms with Crippen molar-refractivity contribution in [1.29, 1.82) is 0 Å². The van der Waals surface area contributed by atoms with Crippen LogP contribution in [0.5, 0.6) is 5.75 Å². The van der Waals surface area contributed by atoms with E-state index in [-0.39, 0.29) is 11.7 Å². The molecule has 2 aromatic carbocycles. The van der Waals surface area contributed by atoms with Crippen molar-refractivity contribution in [2.45, 2.75) is 12.1 Å². The maximum atomic E-state index is 12.7. The van der Waals surface area contributed by atoms with Crippen LogP contribution >= 0.6 is 35.0 Å². The molecular formula is C23H19Cl2N5O2S. The van der Waals surface area contributed by atoms with Gasteiger partial charge in [0.15, 0.2) is 11.0 Å². The Balaban J connectivity index is 1.63. The number of thioether (sulfide) groups is 1. The second-order valence-electron chi connectivity index (χ2n) is 6.94. The van der Waals surface area contributed by atoms with E-state index in [0.29, 0.717) is 32.5 Å². The molecule has 0 aliphatic rings. The second-order valence-corrected chi connectivity index (χ2v) is 8.73. The lowest BCUT2D eigenvalue weighted by atomic mass is 10.2. The molecule has 4 aromatic rings.